The van der Waals surface area contributed by atoms with Crippen molar-refractivity contribution in [1.29, 1.82) is 0 Å². The van der Waals surface area contributed by atoms with E-state index in [2.05, 4.69) is 256 Å². The van der Waals surface area contributed by atoms with E-state index in [4.69, 9.17) is 0 Å². The summed E-state index contributed by atoms with van der Waals surface area (Å²) in [6.45, 7) is 36.4. The molecule has 0 aromatic heterocycles. The summed E-state index contributed by atoms with van der Waals surface area (Å²) in [4.78, 5) is 0. The quantitative estimate of drug-likeness (QED) is 0.105. The zero-order valence-electron chi connectivity index (χ0n) is 45.4. The Morgan fingerprint density at radius 2 is 0.586 bits per heavy atom. The molecular weight excluding hydrogens is 983 g/mol. The third-order valence-electron chi connectivity index (χ3n) is 13.2. The fraction of sp³-hybridized carbons (Fsp3) is 0.364. The number of benzene rings is 6. The molecule has 0 fully saturated rings. The number of hydrogen-bond donors (Lipinski definition) is 0. The number of halogens is 2. The Kier molecular flexibility index (Phi) is 20.4. The Morgan fingerprint density at radius 3 is 0.800 bits per heavy atom. The van der Waals surface area contributed by atoms with Gasteiger partial charge in [0, 0.05) is 0 Å². The predicted molar refractivity (Wildman–Crippen MR) is 301 cm³/mol. The van der Waals surface area contributed by atoms with Crippen LogP contribution in [0.4, 0.5) is 0 Å². The molecule has 0 aliphatic heterocycles. The summed E-state index contributed by atoms with van der Waals surface area (Å²) < 4.78 is 0. The second kappa shape index (κ2) is 24.3. The van der Waals surface area contributed by atoms with E-state index in [1.807, 2.05) is 0 Å². The molecule has 8 rings (SSSR count). The first-order valence-electron chi connectivity index (χ1n) is 25.3. The van der Waals surface area contributed by atoms with Crippen LogP contribution >= 0.6 is 0 Å². The minimum absolute atomic E-state index is 0. The van der Waals surface area contributed by atoms with Crippen molar-refractivity contribution >= 4 is 27.0 Å². The summed E-state index contributed by atoms with van der Waals surface area (Å²) in [7, 11) is 0. The molecule has 0 saturated carbocycles. The molecule has 0 radical (unpaired) electrons. The summed E-state index contributed by atoms with van der Waals surface area (Å²) in [5.74, 6) is 0. The van der Waals surface area contributed by atoms with Gasteiger partial charge in [-0.05, 0) is 67.9 Å². The minimum atomic E-state index is 0. The van der Waals surface area contributed by atoms with Crippen LogP contribution in [-0.2, 0) is 57.8 Å². The maximum absolute atomic E-state index is 2.42. The Labute approximate surface area is 452 Å². The molecule has 70 heavy (non-hydrogen) atoms. The van der Waals surface area contributed by atoms with E-state index in [0.717, 1.165) is 12.8 Å². The Morgan fingerprint density at radius 1 is 0.371 bits per heavy atom. The van der Waals surface area contributed by atoms with Gasteiger partial charge in [0.25, 0.3) is 0 Å². The Hall–Kier alpha value is -3.78. The zero-order chi connectivity index (χ0) is 49.8. The number of aryl methyl sites for hydroxylation is 2. The first-order chi connectivity index (χ1) is 31.9. The molecule has 0 saturated heterocycles. The van der Waals surface area contributed by atoms with Gasteiger partial charge >= 0.3 is 41.9 Å². The molecule has 0 N–H and O–H groups in total. The molecule has 0 aliphatic rings. The molecule has 0 nitrogen and oxygen atoms in total. The summed E-state index contributed by atoms with van der Waals surface area (Å²) in [5, 5.41) is 5.48. The van der Waals surface area contributed by atoms with E-state index in [1.54, 1.807) is 23.3 Å². The van der Waals surface area contributed by atoms with Crippen molar-refractivity contribution < 1.29 is 48.1 Å². The average Bonchev–Trinajstić information content (AvgIpc) is 3.90. The second-order valence-corrected chi connectivity index (χ2v) is 32.9. The predicted octanol–water partition coefficient (Wildman–Crippen LogP) is 13.7. The van der Waals surface area contributed by atoms with Gasteiger partial charge in [0.2, 0.25) is 0 Å². The van der Waals surface area contributed by atoms with Gasteiger partial charge in [0.05, 0.1) is 0 Å². The topological polar surface area (TPSA) is 0 Å². The van der Waals surface area contributed by atoms with Gasteiger partial charge in [0.15, 0.2) is 0 Å². The van der Waals surface area contributed by atoms with Gasteiger partial charge in [-0.1, -0.05) is 264 Å². The van der Waals surface area contributed by atoms with E-state index >= 15 is 0 Å². The maximum atomic E-state index is 2.42. The zero-order valence-corrected chi connectivity index (χ0v) is 50.4. The van der Waals surface area contributed by atoms with Crippen molar-refractivity contribution in [1.82, 2.24) is 0 Å². The Balaban J connectivity index is 0.000000276. The fourth-order valence-electron chi connectivity index (χ4n) is 9.19. The van der Waals surface area contributed by atoms with Crippen molar-refractivity contribution in [2.75, 3.05) is 0 Å². The average molecular weight is 1060 g/mol. The molecule has 0 unspecified atom stereocenters. The molecule has 0 atom stereocenters. The van der Waals surface area contributed by atoms with Gasteiger partial charge in [-0.25, -0.2) is 0 Å². The Bertz CT molecular complexity index is 2540. The molecule has 8 aromatic carbocycles. The smallest absolute Gasteiger partial charge is 1.00 e. The molecule has 0 amide bonds. The minimum Gasteiger partial charge on any atom is -1.00 e. The molecule has 0 bridgehead atoms. The van der Waals surface area contributed by atoms with Crippen LogP contribution in [-0.4, -0.2) is 5.43 Å². The van der Waals surface area contributed by atoms with Crippen LogP contribution in [0.15, 0.2) is 146 Å². The molecule has 0 heterocycles. The standard InChI is InChI=1S/2C32H37.C2H6Si.2ClH.Zr/c2*1-8-9-22-20-29-27(23-10-14-25(15-11-23)31(2,3)4)18-19-28(30(29)21-22)24-12-16-26(17-13-24)32(5,6)7;1-3-2;;;/h2*10-21H,8-9H2,1-7H3;1-2H3;2*1H;/q2*-1;;;;+2/p-2. The van der Waals surface area contributed by atoms with Gasteiger partial charge in [-0.15, -0.1) is 44.8 Å². The van der Waals surface area contributed by atoms with E-state index < -0.39 is 0 Å². The molecular formula is C66H80Cl2SiZr-2. The molecule has 8 aromatic rings. The summed E-state index contributed by atoms with van der Waals surface area (Å²) >= 11 is 1.74. The van der Waals surface area contributed by atoms with Crippen molar-refractivity contribution in [3.63, 3.8) is 0 Å². The monoisotopic (exact) mass is 1060 g/mol. The normalized spacial score (nSPS) is 11.8. The molecule has 0 spiro atoms. The number of rotatable bonds is 8. The van der Waals surface area contributed by atoms with Gasteiger partial charge in [-0.2, -0.15) is 12.1 Å². The summed E-state index contributed by atoms with van der Waals surface area (Å²) in [6.07, 6.45) is 4.59. The third-order valence-corrected chi connectivity index (χ3v) is 13.2. The van der Waals surface area contributed by atoms with Crippen molar-refractivity contribution in [3.05, 3.63) is 179 Å². The van der Waals surface area contributed by atoms with Crippen LogP contribution in [0.1, 0.15) is 143 Å². The fourth-order valence-corrected chi connectivity index (χ4v) is 9.19. The van der Waals surface area contributed by atoms with Gasteiger partial charge in [0.1, 0.15) is 0 Å². The van der Waals surface area contributed by atoms with Crippen LogP contribution in [0, 0.1) is 0 Å². The number of hydrogen-bond acceptors (Lipinski definition) is 0. The van der Waals surface area contributed by atoms with Crippen molar-refractivity contribution in [2.24, 2.45) is 0 Å². The first kappa shape index (κ1) is 58.8. The van der Waals surface area contributed by atoms with Gasteiger partial charge < -0.3 is 24.8 Å². The van der Waals surface area contributed by atoms with E-state index in [1.165, 1.54) is 112 Å². The van der Waals surface area contributed by atoms with E-state index in [9.17, 15) is 0 Å². The second-order valence-electron chi connectivity index (χ2n) is 23.5. The van der Waals surface area contributed by atoms with Crippen LogP contribution < -0.4 is 24.8 Å². The van der Waals surface area contributed by atoms with Gasteiger partial charge in [-0.3, -0.25) is 0 Å². The number of fused-ring (bicyclic) bond motifs is 2. The van der Waals surface area contributed by atoms with Crippen LogP contribution in [0.5, 0.6) is 0 Å². The van der Waals surface area contributed by atoms with Crippen LogP contribution in [0.2, 0.25) is 13.1 Å². The SMILES string of the molecule is CCCc1cc2c(-c3ccc(C(C)(C)C)cc3)ccc(-c3ccc(C(C)(C)C)cc3)c2[cH-]1.CCCc1cc2c(-c3ccc(C(C)(C)C)cc3)ccc(-c3ccc(C(C)(C)C)cc3)c2[cH-]1.C[Si](C)=[Zr+2].[Cl-].[Cl-]. The third kappa shape index (κ3) is 14.7. The summed E-state index contributed by atoms with van der Waals surface area (Å²) in [5.41, 5.74) is 19.8. The van der Waals surface area contributed by atoms with Crippen molar-refractivity contribution in [3.8, 4) is 44.5 Å². The van der Waals surface area contributed by atoms with Crippen LogP contribution in [0.3, 0.4) is 0 Å². The molecule has 0 aliphatic carbocycles. The largest absolute Gasteiger partial charge is 1.00 e. The first-order valence-corrected chi connectivity index (χ1v) is 31.5. The molecule has 368 valence electrons. The summed E-state index contributed by atoms with van der Waals surface area (Å²) in [6, 6.07) is 55.6. The maximum Gasteiger partial charge on any atom is -1.00 e. The van der Waals surface area contributed by atoms with Crippen LogP contribution in [0.25, 0.3) is 66.1 Å². The van der Waals surface area contributed by atoms with Crippen molar-refractivity contribution in [2.45, 2.75) is 157 Å². The van der Waals surface area contributed by atoms with E-state index in [-0.39, 0.29) is 51.9 Å². The molecule has 4 heteroatoms. The van der Waals surface area contributed by atoms with E-state index in [0.29, 0.717) is 0 Å².